The number of nitrogens with two attached hydrogens (primary N) is 1. The van der Waals surface area contributed by atoms with Gasteiger partial charge in [0.15, 0.2) is 0 Å². The molecular formula is C14H22N2O4S. The van der Waals surface area contributed by atoms with Gasteiger partial charge in [0.05, 0.1) is 12.7 Å². The van der Waals surface area contributed by atoms with E-state index in [0.717, 1.165) is 31.6 Å². The third kappa shape index (κ3) is 3.48. The van der Waals surface area contributed by atoms with Crippen molar-refractivity contribution >= 4 is 15.7 Å². The number of ether oxygens (including phenoxy) is 2. The number of primary sulfonamides is 1. The van der Waals surface area contributed by atoms with Gasteiger partial charge in [-0.1, -0.05) is 0 Å². The van der Waals surface area contributed by atoms with Gasteiger partial charge in [0, 0.05) is 25.9 Å². The van der Waals surface area contributed by atoms with E-state index in [4.69, 9.17) is 14.6 Å². The fourth-order valence-electron chi connectivity index (χ4n) is 2.53. The molecule has 1 aromatic carbocycles. The number of hydrogen-bond donors (Lipinski definition) is 1. The Morgan fingerprint density at radius 1 is 1.24 bits per heavy atom. The zero-order valence-corrected chi connectivity index (χ0v) is 13.4. The van der Waals surface area contributed by atoms with Gasteiger partial charge in [-0.15, -0.1) is 0 Å². The number of benzene rings is 1. The Morgan fingerprint density at radius 3 is 2.33 bits per heavy atom. The highest BCUT2D eigenvalue weighted by atomic mass is 32.2. The SMILES string of the molecule is COc1ccc(N2CCC(C)(OC)CC2)cc1S(N)(=O)=O. The van der Waals surface area contributed by atoms with Gasteiger partial charge in [-0.3, -0.25) is 0 Å². The van der Waals surface area contributed by atoms with Crippen LogP contribution >= 0.6 is 0 Å². The maximum Gasteiger partial charge on any atom is 0.241 e. The van der Waals surface area contributed by atoms with Crippen LogP contribution in [0.5, 0.6) is 5.75 Å². The van der Waals surface area contributed by atoms with Gasteiger partial charge in [-0.25, -0.2) is 13.6 Å². The van der Waals surface area contributed by atoms with Crippen LogP contribution in [0.25, 0.3) is 0 Å². The summed E-state index contributed by atoms with van der Waals surface area (Å²) in [6, 6.07) is 5.06. The first kappa shape index (κ1) is 16.1. The Morgan fingerprint density at radius 2 is 1.86 bits per heavy atom. The summed E-state index contributed by atoms with van der Waals surface area (Å²) in [5, 5.41) is 5.25. The number of sulfonamides is 1. The maximum absolute atomic E-state index is 11.7. The van der Waals surface area contributed by atoms with Crippen LogP contribution in [0, 0.1) is 0 Å². The molecule has 1 fully saturated rings. The van der Waals surface area contributed by atoms with Crippen molar-refractivity contribution in [3.05, 3.63) is 18.2 Å². The predicted octanol–water partition coefficient (Wildman–Crippen LogP) is 1.35. The monoisotopic (exact) mass is 314 g/mol. The van der Waals surface area contributed by atoms with E-state index in [-0.39, 0.29) is 16.2 Å². The topological polar surface area (TPSA) is 81.9 Å². The number of hydrogen-bond acceptors (Lipinski definition) is 5. The average molecular weight is 314 g/mol. The van der Waals surface area contributed by atoms with Crippen LogP contribution < -0.4 is 14.8 Å². The highest BCUT2D eigenvalue weighted by Crippen LogP contribution is 2.32. The first-order valence-electron chi connectivity index (χ1n) is 6.80. The van der Waals surface area contributed by atoms with E-state index in [0.29, 0.717) is 0 Å². The summed E-state index contributed by atoms with van der Waals surface area (Å²) < 4.78 is 33.9. The Bertz CT molecular complexity index is 607. The molecule has 1 aromatic rings. The third-order valence-corrected chi connectivity index (χ3v) is 5.06. The van der Waals surface area contributed by atoms with Crippen LogP contribution in [0.1, 0.15) is 19.8 Å². The summed E-state index contributed by atoms with van der Waals surface area (Å²) in [7, 11) is -0.661. The van der Waals surface area contributed by atoms with Crippen LogP contribution in [0.3, 0.4) is 0 Å². The second-order valence-electron chi connectivity index (χ2n) is 5.52. The van der Waals surface area contributed by atoms with Crippen molar-refractivity contribution in [1.82, 2.24) is 0 Å². The Hall–Kier alpha value is -1.31. The highest BCUT2D eigenvalue weighted by Gasteiger charge is 2.30. The zero-order valence-electron chi connectivity index (χ0n) is 12.6. The Labute approximate surface area is 125 Å². The molecule has 7 heteroatoms. The van der Waals surface area contributed by atoms with E-state index >= 15 is 0 Å². The van der Waals surface area contributed by atoms with Crippen molar-refractivity contribution in [3.8, 4) is 5.75 Å². The van der Waals surface area contributed by atoms with Crippen LogP contribution in [0.15, 0.2) is 23.1 Å². The molecule has 0 atom stereocenters. The number of nitrogens with zero attached hydrogens (tertiary/aromatic N) is 1. The lowest BCUT2D eigenvalue weighted by Gasteiger charge is -2.39. The lowest BCUT2D eigenvalue weighted by Crippen LogP contribution is -2.43. The molecule has 0 saturated carbocycles. The van der Waals surface area contributed by atoms with Gasteiger partial charge in [0.2, 0.25) is 10.0 Å². The summed E-state index contributed by atoms with van der Waals surface area (Å²) in [6.45, 7) is 3.70. The first-order chi connectivity index (χ1) is 9.79. The molecular weight excluding hydrogens is 292 g/mol. The fourth-order valence-corrected chi connectivity index (χ4v) is 3.24. The minimum atomic E-state index is -3.81. The molecule has 1 heterocycles. The largest absolute Gasteiger partial charge is 0.495 e. The summed E-state index contributed by atoms with van der Waals surface area (Å²) >= 11 is 0. The molecule has 0 bridgehead atoms. The average Bonchev–Trinajstić information content (AvgIpc) is 2.46. The van der Waals surface area contributed by atoms with Crippen molar-refractivity contribution in [2.75, 3.05) is 32.2 Å². The van der Waals surface area contributed by atoms with Gasteiger partial charge >= 0.3 is 0 Å². The summed E-state index contributed by atoms with van der Waals surface area (Å²) in [5.74, 6) is 0.264. The minimum absolute atomic E-state index is 0.0163. The first-order valence-corrected chi connectivity index (χ1v) is 8.35. The number of piperidine rings is 1. The number of methoxy groups -OCH3 is 2. The molecule has 0 radical (unpaired) electrons. The smallest absolute Gasteiger partial charge is 0.241 e. The van der Waals surface area contributed by atoms with Gasteiger partial charge in [0.1, 0.15) is 10.6 Å². The maximum atomic E-state index is 11.7. The normalized spacial score (nSPS) is 18.6. The second-order valence-corrected chi connectivity index (χ2v) is 7.05. The van der Waals surface area contributed by atoms with Crippen LogP contribution in [-0.2, 0) is 14.8 Å². The van der Waals surface area contributed by atoms with E-state index in [2.05, 4.69) is 11.8 Å². The third-order valence-electron chi connectivity index (χ3n) is 4.13. The van der Waals surface area contributed by atoms with Crippen molar-refractivity contribution < 1.29 is 17.9 Å². The summed E-state index contributed by atoms with van der Waals surface area (Å²) in [5.41, 5.74) is 0.726. The Balaban J connectivity index is 2.27. The quantitative estimate of drug-likeness (QED) is 0.907. The standard InChI is InChI=1S/C14H22N2O4S/c1-14(20-3)6-8-16(9-7-14)11-4-5-12(19-2)13(10-11)21(15,17)18/h4-5,10H,6-9H2,1-3H3,(H2,15,17,18). The number of rotatable bonds is 4. The van der Waals surface area contributed by atoms with Crippen molar-refractivity contribution in [2.24, 2.45) is 5.14 Å². The Kier molecular flexibility index (Phi) is 4.46. The lowest BCUT2D eigenvalue weighted by atomic mass is 9.93. The second kappa shape index (κ2) is 5.82. The highest BCUT2D eigenvalue weighted by molar-refractivity contribution is 7.89. The van der Waals surface area contributed by atoms with E-state index < -0.39 is 10.0 Å². The molecule has 118 valence electrons. The molecule has 1 aliphatic heterocycles. The van der Waals surface area contributed by atoms with Gasteiger partial charge in [-0.2, -0.15) is 0 Å². The molecule has 1 saturated heterocycles. The molecule has 6 nitrogen and oxygen atoms in total. The molecule has 0 unspecified atom stereocenters. The van der Waals surface area contributed by atoms with Crippen molar-refractivity contribution in [3.63, 3.8) is 0 Å². The fraction of sp³-hybridized carbons (Fsp3) is 0.571. The van der Waals surface area contributed by atoms with Gasteiger partial charge in [0.25, 0.3) is 0 Å². The summed E-state index contributed by atoms with van der Waals surface area (Å²) in [6.07, 6.45) is 1.78. The van der Waals surface area contributed by atoms with Crippen molar-refractivity contribution in [2.45, 2.75) is 30.3 Å². The van der Waals surface area contributed by atoms with E-state index in [1.54, 1.807) is 19.2 Å². The van der Waals surface area contributed by atoms with E-state index in [1.807, 2.05) is 6.07 Å². The van der Waals surface area contributed by atoms with Gasteiger partial charge in [-0.05, 0) is 38.0 Å². The van der Waals surface area contributed by atoms with Crippen molar-refractivity contribution in [1.29, 1.82) is 0 Å². The van der Waals surface area contributed by atoms with Crippen LogP contribution in [-0.4, -0.2) is 41.3 Å². The zero-order chi connectivity index (χ0) is 15.7. The summed E-state index contributed by atoms with van der Waals surface area (Å²) in [4.78, 5) is 2.15. The number of anilines is 1. The van der Waals surface area contributed by atoms with E-state index in [9.17, 15) is 8.42 Å². The molecule has 2 rings (SSSR count). The molecule has 21 heavy (non-hydrogen) atoms. The molecule has 1 aliphatic rings. The minimum Gasteiger partial charge on any atom is -0.495 e. The van der Waals surface area contributed by atoms with E-state index in [1.165, 1.54) is 7.11 Å². The predicted molar refractivity (Wildman–Crippen MR) is 81.2 cm³/mol. The molecule has 0 aliphatic carbocycles. The molecule has 2 N–H and O–H groups in total. The van der Waals surface area contributed by atoms with Crippen LogP contribution in [0.2, 0.25) is 0 Å². The molecule has 0 aromatic heterocycles. The molecule has 0 spiro atoms. The van der Waals surface area contributed by atoms with Crippen LogP contribution in [0.4, 0.5) is 5.69 Å². The lowest BCUT2D eigenvalue weighted by molar-refractivity contribution is -0.0132. The van der Waals surface area contributed by atoms with Gasteiger partial charge < -0.3 is 14.4 Å². The molecule has 0 amide bonds.